The number of aryl methyl sites for hydroxylation is 1. The maximum atomic E-state index is 14.0. The number of hydrogen-bond acceptors (Lipinski definition) is 5. The molecule has 0 saturated carbocycles. The number of ether oxygens (including phenoxy) is 1. The Hall–Kier alpha value is -3.84. The van der Waals surface area contributed by atoms with Crippen molar-refractivity contribution in [2.75, 3.05) is 18.0 Å². The maximum Gasteiger partial charge on any atom is 0.137 e. The minimum Gasteiger partial charge on any atom is -0.371 e. The summed E-state index contributed by atoms with van der Waals surface area (Å²) in [7, 11) is 0. The van der Waals surface area contributed by atoms with Gasteiger partial charge in [0.2, 0.25) is 0 Å². The smallest absolute Gasteiger partial charge is 0.137 e. The number of anilines is 1. The third-order valence-electron chi connectivity index (χ3n) is 7.14. The second kappa shape index (κ2) is 7.85. The highest BCUT2D eigenvalue weighted by Gasteiger charge is 2.34. The van der Waals surface area contributed by atoms with E-state index < -0.39 is 0 Å². The summed E-state index contributed by atoms with van der Waals surface area (Å²) in [6, 6.07) is 15.0. The van der Waals surface area contributed by atoms with Crippen molar-refractivity contribution in [3.8, 4) is 22.4 Å². The van der Waals surface area contributed by atoms with Gasteiger partial charge in [0.25, 0.3) is 0 Å². The van der Waals surface area contributed by atoms with E-state index in [1.165, 1.54) is 12.1 Å². The highest BCUT2D eigenvalue weighted by Crippen LogP contribution is 2.32. The lowest BCUT2D eigenvalue weighted by Gasteiger charge is -2.33. The van der Waals surface area contributed by atoms with E-state index in [-0.39, 0.29) is 5.82 Å². The van der Waals surface area contributed by atoms with Crippen LogP contribution in [0.5, 0.6) is 0 Å². The molecule has 7 heteroatoms. The summed E-state index contributed by atoms with van der Waals surface area (Å²) >= 11 is 0. The second-order valence-corrected chi connectivity index (χ2v) is 9.53. The fourth-order valence-electron chi connectivity index (χ4n) is 5.45. The fraction of sp³-hybridized carbons (Fsp3) is 0.250. The molecule has 2 atom stereocenters. The molecule has 2 unspecified atom stereocenters. The summed E-state index contributed by atoms with van der Waals surface area (Å²) in [5, 5.41) is 0.776. The minimum atomic E-state index is -0.277. The Morgan fingerprint density at radius 1 is 0.914 bits per heavy atom. The summed E-state index contributed by atoms with van der Waals surface area (Å²) < 4.78 is 22.0. The first-order valence-electron chi connectivity index (χ1n) is 12.0. The standard InChI is InChI=1S/C28H24FN5O/c1-17-10-24(23-12-20(29)3-6-25(23)32-17)26-14-31-28-11-18(8-9-34(26)28)19-2-7-27(30-13-19)33-15-21-4-5-22(16-33)35-21/h2-3,6-14,21-22H,4-5,15-16H2,1H3. The van der Waals surface area contributed by atoms with E-state index >= 15 is 0 Å². The Balaban J connectivity index is 1.23. The van der Waals surface area contributed by atoms with E-state index in [4.69, 9.17) is 9.72 Å². The van der Waals surface area contributed by atoms with E-state index in [0.29, 0.717) is 12.2 Å². The number of benzene rings is 1. The van der Waals surface area contributed by atoms with Gasteiger partial charge in [0.15, 0.2) is 0 Å². The summed E-state index contributed by atoms with van der Waals surface area (Å²) in [6.07, 6.45) is 8.76. The van der Waals surface area contributed by atoms with Crippen molar-refractivity contribution in [2.24, 2.45) is 0 Å². The van der Waals surface area contributed by atoms with Gasteiger partial charge in [-0.25, -0.2) is 14.4 Å². The van der Waals surface area contributed by atoms with E-state index in [1.54, 1.807) is 6.07 Å². The lowest BCUT2D eigenvalue weighted by Crippen LogP contribution is -2.43. The summed E-state index contributed by atoms with van der Waals surface area (Å²) in [5.74, 6) is 0.728. The molecular weight excluding hydrogens is 441 g/mol. The molecule has 0 aliphatic carbocycles. The van der Waals surface area contributed by atoms with E-state index in [9.17, 15) is 4.39 Å². The molecular formula is C28H24FN5O. The van der Waals surface area contributed by atoms with Gasteiger partial charge in [0.1, 0.15) is 17.3 Å². The van der Waals surface area contributed by atoms with Crippen LogP contribution in [0.1, 0.15) is 18.5 Å². The Bertz CT molecular complexity index is 1570. The van der Waals surface area contributed by atoms with Crippen molar-refractivity contribution >= 4 is 22.4 Å². The Morgan fingerprint density at radius 3 is 2.57 bits per heavy atom. The average Bonchev–Trinajstić information content (AvgIpc) is 3.45. The average molecular weight is 466 g/mol. The number of rotatable bonds is 3. The van der Waals surface area contributed by atoms with Crippen LogP contribution in [0.25, 0.3) is 38.9 Å². The molecule has 5 aromatic rings. The summed E-state index contributed by atoms with van der Waals surface area (Å²) in [5.41, 5.74) is 6.39. The fourth-order valence-corrected chi connectivity index (χ4v) is 5.45. The number of fused-ring (bicyclic) bond motifs is 4. The molecule has 0 amide bonds. The highest BCUT2D eigenvalue weighted by molar-refractivity contribution is 5.94. The van der Waals surface area contributed by atoms with Gasteiger partial charge in [-0.05, 0) is 73.9 Å². The predicted molar refractivity (Wildman–Crippen MR) is 134 cm³/mol. The normalized spacial score (nSPS) is 19.7. The topological polar surface area (TPSA) is 55.5 Å². The number of nitrogens with zero attached hydrogens (tertiary/aromatic N) is 5. The van der Waals surface area contributed by atoms with E-state index in [1.807, 2.05) is 36.0 Å². The van der Waals surface area contributed by atoms with Crippen LogP contribution in [-0.2, 0) is 4.74 Å². The number of hydrogen-bond donors (Lipinski definition) is 0. The van der Waals surface area contributed by atoms with Gasteiger partial charge in [-0.2, -0.15) is 0 Å². The zero-order chi connectivity index (χ0) is 23.5. The van der Waals surface area contributed by atoms with Crippen LogP contribution < -0.4 is 4.90 Å². The molecule has 2 aliphatic heterocycles. The van der Waals surface area contributed by atoms with E-state index in [2.05, 4.69) is 39.1 Å². The van der Waals surface area contributed by atoms with Crippen LogP contribution in [0.2, 0.25) is 0 Å². The van der Waals surface area contributed by atoms with Crippen LogP contribution >= 0.6 is 0 Å². The number of imidazole rings is 1. The van der Waals surface area contributed by atoms with Crippen molar-refractivity contribution in [1.29, 1.82) is 0 Å². The Kier molecular flexibility index (Phi) is 4.60. The van der Waals surface area contributed by atoms with E-state index in [0.717, 1.165) is 76.4 Å². The summed E-state index contributed by atoms with van der Waals surface area (Å²) in [4.78, 5) is 16.3. The van der Waals surface area contributed by atoms with Crippen molar-refractivity contribution in [3.63, 3.8) is 0 Å². The molecule has 0 spiro atoms. The highest BCUT2D eigenvalue weighted by atomic mass is 19.1. The third kappa shape index (κ3) is 3.54. The zero-order valence-electron chi connectivity index (χ0n) is 19.4. The molecule has 2 saturated heterocycles. The van der Waals surface area contributed by atoms with Crippen molar-refractivity contribution in [3.05, 3.63) is 78.6 Å². The van der Waals surface area contributed by atoms with Gasteiger partial charge in [0.05, 0.1) is 29.6 Å². The molecule has 6 heterocycles. The quantitative estimate of drug-likeness (QED) is 0.356. The molecule has 1 aromatic carbocycles. The number of pyridine rings is 3. The first-order chi connectivity index (χ1) is 17.1. The molecule has 35 heavy (non-hydrogen) atoms. The van der Waals surface area contributed by atoms with Gasteiger partial charge in [0, 0.05) is 47.7 Å². The monoisotopic (exact) mass is 465 g/mol. The predicted octanol–water partition coefficient (Wildman–Crippen LogP) is 5.43. The third-order valence-corrected chi connectivity index (χ3v) is 7.14. The Labute approximate surface area is 202 Å². The molecule has 174 valence electrons. The first-order valence-corrected chi connectivity index (χ1v) is 12.0. The van der Waals surface area contributed by atoms with Crippen LogP contribution in [0.15, 0.2) is 67.1 Å². The molecule has 2 aliphatic rings. The van der Waals surface area contributed by atoms with Gasteiger partial charge < -0.3 is 9.64 Å². The molecule has 6 nitrogen and oxygen atoms in total. The van der Waals surface area contributed by atoms with Crippen LogP contribution in [0, 0.1) is 12.7 Å². The van der Waals surface area contributed by atoms with Gasteiger partial charge in [-0.15, -0.1) is 0 Å². The van der Waals surface area contributed by atoms with Crippen molar-refractivity contribution in [1.82, 2.24) is 19.4 Å². The van der Waals surface area contributed by atoms with Gasteiger partial charge in [-0.1, -0.05) is 0 Å². The molecule has 0 N–H and O–H groups in total. The lowest BCUT2D eigenvalue weighted by molar-refractivity contribution is 0.0302. The lowest BCUT2D eigenvalue weighted by atomic mass is 10.0. The molecule has 0 radical (unpaired) electrons. The number of aromatic nitrogens is 4. The maximum absolute atomic E-state index is 14.0. The SMILES string of the molecule is Cc1cc(-c2cnc3cc(-c4ccc(N5CC6CCC(C5)O6)nc4)ccn23)c2cc(F)ccc2n1. The number of halogens is 1. The second-order valence-electron chi connectivity index (χ2n) is 9.53. The van der Waals surface area contributed by atoms with Crippen molar-refractivity contribution in [2.45, 2.75) is 32.0 Å². The Morgan fingerprint density at radius 2 is 1.77 bits per heavy atom. The van der Waals surface area contributed by atoms with Crippen LogP contribution in [0.4, 0.5) is 10.2 Å². The van der Waals surface area contributed by atoms with Crippen LogP contribution in [-0.4, -0.2) is 44.7 Å². The van der Waals surface area contributed by atoms with Gasteiger partial charge >= 0.3 is 0 Å². The minimum absolute atomic E-state index is 0.277. The van der Waals surface area contributed by atoms with Crippen LogP contribution in [0.3, 0.4) is 0 Å². The van der Waals surface area contributed by atoms with Crippen molar-refractivity contribution < 1.29 is 9.13 Å². The largest absolute Gasteiger partial charge is 0.371 e. The number of morpholine rings is 1. The van der Waals surface area contributed by atoms with Gasteiger partial charge in [-0.3, -0.25) is 9.38 Å². The first kappa shape index (κ1) is 20.5. The molecule has 2 bridgehead atoms. The molecule has 2 fully saturated rings. The molecule has 7 rings (SSSR count). The summed E-state index contributed by atoms with van der Waals surface area (Å²) in [6.45, 7) is 3.78. The molecule has 4 aromatic heterocycles. The zero-order valence-corrected chi connectivity index (χ0v) is 19.4.